The van der Waals surface area contributed by atoms with Gasteiger partial charge in [-0.25, -0.2) is 4.98 Å². The largest absolute Gasteiger partial charge is 0.350 e. The number of nitrogens with one attached hydrogen (secondary N) is 1. The number of hydrogen-bond donors (Lipinski definition) is 1. The number of fused-ring (bicyclic) bond motifs is 1. The summed E-state index contributed by atoms with van der Waals surface area (Å²) >= 11 is 0. The van der Waals surface area contributed by atoms with Crippen LogP contribution in [-0.4, -0.2) is 20.0 Å². The molecule has 0 aliphatic heterocycles. The van der Waals surface area contributed by atoms with Gasteiger partial charge in [0.25, 0.3) is 5.56 Å². The van der Waals surface area contributed by atoms with E-state index in [9.17, 15) is 9.59 Å². The number of carbonyl (C=O) groups is 1. The fraction of sp³-hybridized carbons (Fsp3) is 0.208. The Kier molecular flexibility index (Phi) is 5.23. The van der Waals surface area contributed by atoms with Crippen molar-refractivity contribution >= 4 is 16.9 Å². The molecule has 0 unspecified atom stereocenters. The Morgan fingerprint density at radius 1 is 1.03 bits per heavy atom. The lowest BCUT2D eigenvalue weighted by molar-refractivity contribution is -0.121. The Bertz CT molecular complexity index is 1290. The van der Waals surface area contributed by atoms with Crippen LogP contribution in [-0.2, 0) is 17.9 Å². The number of aromatic nitrogens is 3. The first-order valence-corrected chi connectivity index (χ1v) is 9.90. The van der Waals surface area contributed by atoms with Crippen molar-refractivity contribution in [2.75, 3.05) is 0 Å². The highest BCUT2D eigenvalue weighted by molar-refractivity contribution is 5.83. The second-order valence-electron chi connectivity index (χ2n) is 7.52. The first-order chi connectivity index (χ1) is 14.5. The normalized spacial score (nSPS) is 11.0. The summed E-state index contributed by atoms with van der Waals surface area (Å²) < 4.78 is 3.35. The van der Waals surface area contributed by atoms with Crippen molar-refractivity contribution in [3.8, 4) is 5.69 Å². The minimum Gasteiger partial charge on any atom is -0.350 e. The summed E-state index contributed by atoms with van der Waals surface area (Å²) in [6.45, 7) is 6.26. The number of carbonyl (C=O) groups excluding carboxylic acids is 1. The molecule has 6 heteroatoms. The van der Waals surface area contributed by atoms with Gasteiger partial charge in [0, 0.05) is 17.9 Å². The van der Waals surface area contributed by atoms with E-state index in [2.05, 4.69) is 10.3 Å². The van der Waals surface area contributed by atoms with Crippen molar-refractivity contribution in [3.05, 3.63) is 93.7 Å². The summed E-state index contributed by atoms with van der Waals surface area (Å²) in [6.07, 6.45) is 1.45. The zero-order valence-electron chi connectivity index (χ0n) is 17.3. The van der Waals surface area contributed by atoms with E-state index in [1.54, 1.807) is 0 Å². The SMILES string of the molecule is Cc1cccc(CNC(=O)Cn2cnc3c(c(C)c(C)n3-c3ccccc3)c2=O)c1. The summed E-state index contributed by atoms with van der Waals surface area (Å²) in [5, 5.41) is 3.42. The number of benzene rings is 2. The summed E-state index contributed by atoms with van der Waals surface area (Å²) in [4.78, 5) is 30.1. The molecule has 0 aliphatic rings. The molecule has 2 aromatic carbocycles. The molecular formula is C24H24N4O2. The van der Waals surface area contributed by atoms with Crippen molar-refractivity contribution in [1.29, 1.82) is 0 Å². The van der Waals surface area contributed by atoms with Gasteiger partial charge in [0.2, 0.25) is 5.91 Å². The summed E-state index contributed by atoms with van der Waals surface area (Å²) in [5.41, 5.74) is 5.35. The van der Waals surface area contributed by atoms with E-state index in [4.69, 9.17) is 0 Å². The number of para-hydroxylation sites is 1. The van der Waals surface area contributed by atoms with Crippen LogP contribution in [0.25, 0.3) is 16.7 Å². The second-order valence-corrected chi connectivity index (χ2v) is 7.52. The molecule has 0 fully saturated rings. The van der Waals surface area contributed by atoms with Crippen LogP contribution in [0.2, 0.25) is 0 Å². The van der Waals surface area contributed by atoms with Gasteiger partial charge < -0.3 is 5.32 Å². The molecular weight excluding hydrogens is 376 g/mol. The first kappa shape index (κ1) is 19.6. The van der Waals surface area contributed by atoms with Gasteiger partial charge in [-0.2, -0.15) is 0 Å². The standard InChI is InChI=1S/C24H24N4O2/c1-16-8-7-9-19(12-16)13-25-21(29)14-27-15-26-23-22(24(27)30)17(2)18(3)28(23)20-10-5-4-6-11-20/h4-12,15H,13-14H2,1-3H3,(H,25,29). The summed E-state index contributed by atoms with van der Waals surface area (Å²) in [5.74, 6) is -0.225. The van der Waals surface area contributed by atoms with Crippen molar-refractivity contribution in [2.45, 2.75) is 33.9 Å². The van der Waals surface area contributed by atoms with Gasteiger partial charge in [-0.3, -0.25) is 18.7 Å². The highest BCUT2D eigenvalue weighted by Crippen LogP contribution is 2.24. The molecule has 0 aliphatic carbocycles. The number of aryl methyl sites for hydroxylation is 2. The van der Waals surface area contributed by atoms with Gasteiger partial charge in [0.05, 0.1) is 5.39 Å². The van der Waals surface area contributed by atoms with Crippen LogP contribution in [0, 0.1) is 20.8 Å². The highest BCUT2D eigenvalue weighted by Gasteiger charge is 2.18. The Balaban J connectivity index is 1.62. The van der Waals surface area contributed by atoms with Gasteiger partial charge >= 0.3 is 0 Å². The van der Waals surface area contributed by atoms with E-state index >= 15 is 0 Å². The Labute approximate surface area is 174 Å². The molecule has 0 saturated heterocycles. The molecule has 152 valence electrons. The molecule has 4 rings (SSSR count). The first-order valence-electron chi connectivity index (χ1n) is 9.90. The van der Waals surface area contributed by atoms with E-state index in [1.165, 1.54) is 10.9 Å². The van der Waals surface area contributed by atoms with Crippen LogP contribution < -0.4 is 10.9 Å². The predicted molar refractivity (Wildman–Crippen MR) is 118 cm³/mol. The van der Waals surface area contributed by atoms with Crippen LogP contribution in [0.5, 0.6) is 0 Å². The molecule has 1 N–H and O–H groups in total. The lowest BCUT2D eigenvalue weighted by Crippen LogP contribution is -2.32. The summed E-state index contributed by atoms with van der Waals surface area (Å²) in [7, 11) is 0. The summed E-state index contributed by atoms with van der Waals surface area (Å²) in [6, 6.07) is 17.8. The minimum absolute atomic E-state index is 0.0669. The predicted octanol–water partition coefficient (Wildman–Crippen LogP) is 3.43. The number of rotatable bonds is 5. The number of hydrogen-bond acceptors (Lipinski definition) is 3. The highest BCUT2D eigenvalue weighted by atomic mass is 16.2. The monoisotopic (exact) mass is 400 g/mol. The third-order valence-corrected chi connectivity index (χ3v) is 5.38. The van der Waals surface area contributed by atoms with E-state index < -0.39 is 0 Å². The van der Waals surface area contributed by atoms with Gasteiger partial charge in [0.1, 0.15) is 12.9 Å². The lowest BCUT2D eigenvalue weighted by atomic mass is 10.1. The van der Waals surface area contributed by atoms with E-state index in [0.717, 1.165) is 28.1 Å². The lowest BCUT2D eigenvalue weighted by Gasteiger charge is -2.09. The Hall–Kier alpha value is -3.67. The van der Waals surface area contributed by atoms with E-state index in [1.807, 2.05) is 79.9 Å². The molecule has 0 atom stereocenters. The quantitative estimate of drug-likeness (QED) is 0.558. The minimum atomic E-state index is -0.225. The zero-order chi connectivity index (χ0) is 21.3. The molecule has 0 bridgehead atoms. The van der Waals surface area contributed by atoms with Gasteiger partial charge in [-0.1, -0.05) is 48.0 Å². The number of amides is 1. The fourth-order valence-electron chi connectivity index (χ4n) is 3.72. The maximum absolute atomic E-state index is 13.1. The van der Waals surface area contributed by atoms with Crippen molar-refractivity contribution < 1.29 is 4.79 Å². The second kappa shape index (κ2) is 7.99. The van der Waals surface area contributed by atoms with Crippen molar-refractivity contribution in [2.24, 2.45) is 0 Å². The zero-order valence-corrected chi connectivity index (χ0v) is 17.3. The third-order valence-electron chi connectivity index (χ3n) is 5.38. The maximum atomic E-state index is 13.1. The molecule has 6 nitrogen and oxygen atoms in total. The molecule has 4 aromatic rings. The van der Waals surface area contributed by atoms with Crippen LogP contribution >= 0.6 is 0 Å². The van der Waals surface area contributed by atoms with Gasteiger partial charge in [-0.05, 0) is 44.0 Å². The van der Waals surface area contributed by atoms with Crippen LogP contribution in [0.1, 0.15) is 22.4 Å². The molecule has 0 radical (unpaired) electrons. The van der Waals surface area contributed by atoms with Crippen LogP contribution in [0.4, 0.5) is 0 Å². The molecule has 0 spiro atoms. The fourth-order valence-corrected chi connectivity index (χ4v) is 3.72. The van der Waals surface area contributed by atoms with Crippen LogP contribution in [0.15, 0.2) is 65.7 Å². The topological polar surface area (TPSA) is 68.9 Å². The van der Waals surface area contributed by atoms with Crippen LogP contribution in [0.3, 0.4) is 0 Å². The van der Waals surface area contributed by atoms with Crippen molar-refractivity contribution in [1.82, 2.24) is 19.4 Å². The molecule has 0 saturated carbocycles. The molecule has 1 amide bonds. The van der Waals surface area contributed by atoms with Crippen molar-refractivity contribution in [3.63, 3.8) is 0 Å². The number of nitrogens with zero attached hydrogens (tertiary/aromatic N) is 3. The van der Waals surface area contributed by atoms with Gasteiger partial charge in [-0.15, -0.1) is 0 Å². The molecule has 30 heavy (non-hydrogen) atoms. The van der Waals surface area contributed by atoms with E-state index in [-0.39, 0.29) is 18.0 Å². The Morgan fingerprint density at radius 2 is 1.80 bits per heavy atom. The van der Waals surface area contributed by atoms with Gasteiger partial charge in [0.15, 0.2) is 5.65 Å². The smallest absolute Gasteiger partial charge is 0.263 e. The molecule has 2 heterocycles. The Morgan fingerprint density at radius 3 is 2.53 bits per heavy atom. The molecule has 2 aromatic heterocycles. The average molecular weight is 400 g/mol. The average Bonchev–Trinajstić information content (AvgIpc) is 3.00. The van der Waals surface area contributed by atoms with E-state index in [0.29, 0.717) is 17.6 Å². The maximum Gasteiger partial charge on any atom is 0.263 e. The third kappa shape index (κ3) is 3.64.